The fraction of sp³-hybridized carbons (Fsp3) is 0.481. The Bertz CT molecular complexity index is 1100. The fourth-order valence-electron chi connectivity index (χ4n) is 3.83. The second-order valence-corrected chi connectivity index (χ2v) is 10.7. The van der Waals surface area contributed by atoms with Gasteiger partial charge in [0.1, 0.15) is 11.8 Å². The van der Waals surface area contributed by atoms with E-state index < -0.39 is 16.1 Å². The summed E-state index contributed by atoms with van der Waals surface area (Å²) in [4.78, 5) is 27.6. The molecule has 0 aromatic heterocycles. The fourth-order valence-corrected chi connectivity index (χ4v) is 4.79. The Balaban J connectivity index is 2.15. The van der Waals surface area contributed by atoms with Gasteiger partial charge in [0.15, 0.2) is 0 Å². The molecule has 0 aliphatic rings. The molecule has 0 heterocycles. The van der Waals surface area contributed by atoms with E-state index in [1.54, 1.807) is 36.1 Å². The van der Waals surface area contributed by atoms with Crippen molar-refractivity contribution in [2.45, 2.75) is 59.5 Å². The van der Waals surface area contributed by atoms with Crippen molar-refractivity contribution in [2.24, 2.45) is 0 Å². The average Bonchev–Trinajstić information content (AvgIpc) is 2.84. The van der Waals surface area contributed by atoms with Crippen molar-refractivity contribution in [3.8, 4) is 5.75 Å². The molecule has 0 saturated carbocycles. The summed E-state index contributed by atoms with van der Waals surface area (Å²) >= 11 is 0. The highest BCUT2D eigenvalue weighted by molar-refractivity contribution is 7.92. The van der Waals surface area contributed by atoms with E-state index in [-0.39, 0.29) is 24.8 Å². The zero-order chi connectivity index (χ0) is 26.7. The normalized spacial score (nSPS) is 12.0. The first-order valence-corrected chi connectivity index (χ1v) is 14.3. The molecule has 0 aliphatic carbocycles. The molecule has 2 aromatic rings. The third-order valence-electron chi connectivity index (χ3n) is 5.91. The number of aryl methyl sites for hydroxylation is 1. The minimum absolute atomic E-state index is 0.111. The van der Waals surface area contributed by atoms with Gasteiger partial charge in [0.2, 0.25) is 21.8 Å². The van der Waals surface area contributed by atoms with Gasteiger partial charge in [-0.25, -0.2) is 8.42 Å². The standard InChI is InChI=1S/C27H39N3O5S/c1-6-18-28-27(32)22(4)29(20-23-12-9-8-11-21(23)3)26(31)13-10-19-30(36(5,33)34)24-14-16-25(17-15-24)35-7-2/h8-9,11-12,14-17,22H,6-7,10,13,18-20H2,1-5H3,(H,28,32)/t22-/m1/s1. The van der Waals surface area contributed by atoms with Crippen molar-refractivity contribution >= 4 is 27.5 Å². The third kappa shape index (κ3) is 8.55. The van der Waals surface area contributed by atoms with E-state index in [0.717, 1.165) is 23.8 Å². The third-order valence-corrected chi connectivity index (χ3v) is 7.10. The Kier molecular flexibility index (Phi) is 11.2. The number of benzene rings is 2. The van der Waals surface area contributed by atoms with E-state index in [1.165, 1.54) is 4.31 Å². The Morgan fingerprint density at radius 2 is 1.72 bits per heavy atom. The minimum atomic E-state index is -3.55. The van der Waals surface area contributed by atoms with E-state index in [9.17, 15) is 18.0 Å². The van der Waals surface area contributed by atoms with E-state index in [0.29, 0.717) is 37.6 Å². The Hall–Kier alpha value is -3.07. The number of anilines is 1. The summed E-state index contributed by atoms with van der Waals surface area (Å²) in [6.07, 6.45) is 2.37. The lowest BCUT2D eigenvalue weighted by Gasteiger charge is -2.30. The van der Waals surface area contributed by atoms with Gasteiger partial charge in [-0.2, -0.15) is 0 Å². The molecule has 8 nitrogen and oxygen atoms in total. The van der Waals surface area contributed by atoms with Gasteiger partial charge in [0.05, 0.1) is 18.6 Å². The molecule has 36 heavy (non-hydrogen) atoms. The van der Waals surface area contributed by atoms with Crippen LogP contribution >= 0.6 is 0 Å². The van der Waals surface area contributed by atoms with Gasteiger partial charge in [-0.3, -0.25) is 13.9 Å². The highest BCUT2D eigenvalue weighted by Gasteiger charge is 2.26. The summed E-state index contributed by atoms with van der Waals surface area (Å²) < 4.78 is 31.7. The molecule has 2 rings (SSSR count). The number of carbonyl (C=O) groups excluding carboxylic acids is 2. The molecule has 2 amide bonds. The maximum atomic E-state index is 13.3. The first-order chi connectivity index (χ1) is 17.1. The van der Waals surface area contributed by atoms with Gasteiger partial charge in [0, 0.05) is 26.1 Å². The van der Waals surface area contributed by atoms with Crippen LogP contribution in [0, 0.1) is 6.92 Å². The summed E-state index contributed by atoms with van der Waals surface area (Å²) in [5, 5.41) is 2.87. The minimum Gasteiger partial charge on any atom is -0.494 e. The first-order valence-electron chi connectivity index (χ1n) is 12.4. The van der Waals surface area contributed by atoms with Crippen molar-refractivity contribution in [2.75, 3.05) is 30.3 Å². The molecule has 0 saturated heterocycles. The van der Waals surface area contributed by atoms with E-state index >= 15 is 0 Å². The summed E-state index contributed by atoms with van der Waals surface area (Å²) in [6, 6.07) is 13.9. The topological polar surface area (TPSA) is 96.0 Å². The highest BCUT2D eigenvalue weighted by Crippen LogP contribution is 2.23. The second-order valence-electron chi connectivity index (χ2n) is 8.78. The number of sulfonamides is 1. The average molecular weight is 518 g/mol. The van der Waals surface area contributed by atoms with Gasteiger partial charge in [-0.05, 0) is 69.0 Å². The molecule has 0 unspecified atom stereocenters. The van der Waals surface area contributed by atoms with Crippen molar-refractivity contribution in [3.05, 3.63) is 59.7 Å². The summed E-state index contributed by atoms with van der Waals surface area (Å²) in [5.41, 5.74) is 2.51. The molecule has 0 aliphatic heterocycles. The Labute approximate surface area is 215 Å². The summed E-state index contributed by atoms with van der Waals surface area (Å²) in [6.45, 7) is 9.06. The van der Waals surface area contributed by atoms with Crippen molar-refractivity contribution < 1.29 is 22.7 Å². The Morgan fingerprint density at radius 1 is 1.06 bits per heavy atom. The van der Waals surface area contributed by atoms with E-state index in [4.69, 9.17) is 4.74 Å². The van der Waals surface area contributed by atoms with Gasteiger partial charge in [-0.1, -0.05) is 31.2 Å². The number of ether oxygens (including phenoxy) is 1. The molecule has 0 fully saturated rings. The largest absolute Gasteiger partial charge is 0.494 e. The monoisotopic (exact) mass is 517 g/mol. The Morgan fingerprint density at radius 3 is 2.31 bits per heavy atom. The maximum absolute atomic E-state index is 13.3. The van der Waals surface area contributed by atoms with Crippen LogP contribution in [0.5, 0.6) is 5.75 Å². The van der Waals surface area contributed by atoms with Crippen molar-refractivity contribution in [3.63, 3.8) is 0 Å². The molecule has 1 N–H and O–H groups in total. The van der Waals surface area contributed by atoms with Crippen LogP contribution in [0.4, 0.5) is 5.69 Å². The molecule has 1 atom stereocenters. The zero-order valence-corrected chi connectivity index (χ0v) is 22.8. The summed E-state index contributed by atoms with van der Waals surface area (Å²) in [5.74, 6) is 0.260. The lowest BCUT2D eigenvalue weighted by atomic mass is 10.1. The summed E-state index contributed by atoms with van der Waals surface area (Å²) in [7, 11) is -3.55. The zero-order valence-electron chi connectivity index (χ0n) is 22.0. The number of nitrogens with zero attached hydrogens (tertiary/aromatic N) is 2. The van der Waals surface area contributed by atoms with E-state index in [2.05, 4.69) is 5.32 Å². The molecule has 198 valence electrons. The van der Waals surface area contributed by atoms with Gasteiger partial charge in [0.25, 0.3) is 0 Å². The van der Waals surface area contributed by atoms with Gasteiger partial charge in [-0.15, -0.1) is 0 Å². The lowest BCUT2D eigenvalue weighted by molar-refractivity contribution is -0.140. The van der Waals surface area contributed by atoms with E-state index in [1.807, 2.05) is 45.0 Å². The van der Waals surface area contributed by atoms with Crippen molar-refractivity contribution in [1.29, 1.82) is 0 Å². The first kappa shape index (κ1) is 29.2. The van der Waals surface area contributed by atoms with Crippen LogP contribution in [-0.2, 0) is 26.2 Å². The predicted octanol–water partition coefficient (Wildman–Crippen LogP) is 3.88. The van der Waals surface area contributed by atoms with Crippen LogP contribution in [0.2, 0.25) is 0 Å². The number of hydrogen-bond acceptors (Lipinski definition) is 5. The van der Waals surface area contributed by atoms with Crippen LogP contribution in [-0.4, -0.2) is 57.1 Å². The van der Waals surface area contributed by atoms with Crippen LogP contribution in [0.3, 0.4) is 0 Å². The molecule has 0 radical (unpaired) electrons. The SMILES string of the molecule is CCCNC(=O)[C@@H](C)N(Cc1ccccc1C)C(=O)CCCN(c1ccc(OCC)cc1)S(C)(=O)=O. The maximum Gasteiger partial charge on any atom is 0.242 e. The molecule has 2 aromatic carbocycles. The number of rotatable bonds is 14. The van der Waals surface area contributed by atoms with Crippen LogP contribution in [0.15, 0.2) is 48.5 Å². The lowest BCUT2D eigenvalue weighted by Crippen LogP contribution is -2.48. The van der Waals surface area contributed by atoms with Crippen LogP contribution < -0.4 is 14.4 Å². The smallest absolute Gasteiger partial charge is 0.242 e. The van der Waals surface area contributed by atoms with Gasteiger partial charge >= 0.3 is 0 Å². The molecule has 9 heteroatoms. The van der Waals surface area contributed by atoms with Crippen molar-refractivity contribution in [1.82, 2.24) is 10.2 Å². The quantitative estimate of drug-likeness (QED) is 0.410. The molecular formula is C27H39N3O5S. The highest BCUT2D eigenvalue weighted by atomic mass is 32.2. The van der Waals surface area contributed by atoms with Crippen LogP contribution in [0.25, 0.3) is 0 Å². The van der Waals surface area contributed by atoms with Gasteiger partial charge < -0.3 is 15.0 Å². The van der Waals surface area contributed by atoms with Crippen LogP contribution in [0.1, 0.15) is 51.2 Å². The molecular weight excluding hydrogens is 478 g/mol. The number of carbonyl (C=O) groups is 2. The predicted molar refractivity (Wildman–Crippen MR) is 144 cm³/mol. The molecule has 0 spiro atoms. The number of amides is 2. The number of hydrogen-bond donors (Lipinski definition) is 1. The number of nitrogens with one attached hydrogen (secondary N) is 1. The second kappa shape index (κ2) is 13.9. The molecule has 0 bridgehead atoms.